The van der Waals surface area contributed by atoms with E-state index in [1.807, 2.05) is 6.07 Å². The van der Waals surface area contributed by atoms with Gasteiger partial charge in [0, 0.05) is 9.85 Å². The van der Waals surface area contributed by atoms with Crippen molar-refractivity contribution in [2.75, 3.05) is 6.54 Å². The van der Waals surface area contributed by atoms with Crippen LogP contribution < -0.4 is 5.32 Å². The highest BCUT2D eigenvalue weighted by molar-refractivity contribution is 9.10. The third-order valence-corrected chi connectivity index (χ3v) is 4.86. The zero-order chi connectivity index (χ0) is 15.4. The summed E-state index contributed by atoms with van der Waals surface area (Å²) in [6.07, 6.45) is 1.04. The summed E-state index contributed by atoms with van der Waals surface area (Å²) < 4.78 is 14.1. The van der Waals surface area contributed by atoms with Crippen molar-refractivity contribution in [1.29, 1.82) is 0 Å². The zero-order valence-corrected chi connectivity index (χ0v) is 14.9. The predicted molar refractivity (Wildman–Crippen MR) is 90.4 cm³/mol. The van der Waals surface area contributed by atoms with Crippen molar-refractivity contribution in [1.82, 2.24) is 10.3 Å². The Bertz CT molecular complexity index is 598. The van der Waals surface area contributed by atoms with Crippen LogP contribution in [0.5, 0.6) is 0 Å². The van der Waals surface area contributed by atoms with Crippen molar-refractivity contribution in [3.8, 4) is 0 Å². The average molecular weight is 371 g/mol. The Balaban J connectivity index is 2.36. The second kappa shape index (κ2) is 7.47. The van der Waals surface area contributed by atoms with E-state index in [-0.39, 0.29) is 11.9 Å². The molecular formula is C16H20BrFN2S. The lowest BCUT2D eigenvalue weighted by Crippen LogP contribution is -2.23. The Kier molecular flexibility index (Phi) is 5.90. The quantitative estimate of drug-likeness (QED) is 0.750. The first-order valence-electron chi connectivity index (χ1n) is 7.16. The van der Waals surface area contributed by atoms with E-state index >= 15 is 0 Å². The van der Waals surface area contributed by atoms with Crippen LogP contribution in [-0.4, -0.2) is 11.5 Å². The Hall–Kier alpha value is -0.780. The van der Waals surface area contributed by atoms with Gasteiger partial charge in [-0.25, -0.2) is 9.37 Å². The molecule has 2 aromatic rings. The van der Waals surface area contributed by atoms with Gasteiger partial charge in [0.2, 0.25) is 0 Å². The Morgan fingerprint density at radius 3 is 2.71 bits per heavy atom. The molecule has 0 amide bonds. The molecule has 0 fully saturated rings. The molecule has 1 heterocycles. The molecule has 1 N–H and O–H groups in total. The van der Waals surface area contributed by atoms with Crippen LogP contribution in [0, 0.1) is 5.82 Å². The summed E-state index contributed by atoms with van der Waals surface area (Å²) in [5, 5.41) is 6.65. The van der Waals surface area contributed by atoms with Crippen molar-refractivity contribution in [3.63, 3.8) is 0 Å². The molecule has 2 nitrogen and oxygen atoms in total. The van der Waals surface area contributed by atoms with E-state index in [1.54, 1.807) is 11.3 Å². The fourth-order valence-corrected chi connectivity index (χ4v) is 3.70. The van der Waals surface area contributed by atoms with E-state index in [0.717, 1.165) is 33.7 Å². The van der Waals surface area contributed by atoms with Crippen LogP contribution in [0.1, 0.15) is 55.4 Å². The fraction of sp³-hybridized carbons (Fsp3) is 0.438. The lowest BCUT2D eigenvalue weighted by atomic mass is 10.1. The van der Waals surface area contributed by atoms with E-state index in [1.165, 1.54) is 12.1 Å². The van der Waals surface area contributed by atoms with Crippen LogP contribution in [-0.2, 0) is 0 Å². The number of nitrogens with one attached hydrogen (secondary N) is 1. The van der Waals surface area contributed by atoms with Gasteiger partial charge in [-0.2, -0.15) is 0 Å². The SMILES string of the molecule is CCCNC(c1nc(C(C)C)cs1)c1ccc(F)cc1Br. The summed E-state index contributed by atoms with van der Waals surface area (Å²) >= 11 is 5.13. The van der Waals surface area contributed by atoms with Gasteiger partial charge in [-0.15, -0.1) is 11.3 Å². The third kappa shape index (κ3) is 4.11. The normalized spacial score (nSPS) is 12.9. The van der Waals surface area contributed by atoms with Gasteiger partial charge in [-0.3, -0.25) is 0 Å². The van der Waals surface area contributed by atoms with Crippen LogP contribution in [0.2, 0.25) is 0 Å². The van der Waals surface area contributed by atoms with Crippen molar-refractivity contribution in [3.05, 3.63) is 50.1 Å². The highest BCUT2D eigenvalue weighted by Crippen LogP contribution is 2.32. The lowest BCUT2D eigenvalue weighted by molar-refractivity contribution is 0.586. The Labute approximate surface area is 137 Å². The van der Waals surface area contributed by atoms with E-state index in [2.05, 4.69) is 47.4 Å². The Morgan fingerprint density at radius 2 is 2.14 bits per heavy atom. The maximum Gasteiger partial charge on any atom is 0.124 e. The maximum absolute atomic E-state index is 13.3. The van der Waals surface area contributed by atoms with Crippen molar-refractivity contribution in [2.45, 2.75) is 39.2 Å². The van der Waals surface area contributed by atoms with Crippen molar-refractivity contribution < 1.29 is 4.39 Å². The maximum atomic E-state index is 13.3. The molecule has 1 atom stereocenters. The van der Waals surface area contributed by atoms with Gasteiger partial charge in [-0.05, 0) is 36.6 Å². The summed E-state index contributed by atoms with van der Waals surface area (Å²) in [6.45, 7) is 7.30. The molecule has 1 unspecified atom stereocenters. The van der Waals surface area contributed by atoms with E-state index in [9.17, 15) is 4.39 Å². The van der Waals surface area contributed by atoms with Crippen LogP contribution in [0.3, 0.4) is 0 Å². The van der Waals surface area contributed by atoms with Crippen LogP contribution in [0.15, 0.2) is 28.1 Å². The molecule has 0 aliphatic heterocycles. The van der Waals surface area contributed by atoms with E-state index in [0.29, 0.717) is 5.92 Å². The number of hydrogen-bond acceptors (Lipinski definition) is 3. The van der Waals surface area contributed by atoms with Crippen molar-refractivity contribution >= 4 is 27.3 Å². The topological polar surface area (TPSA) is 24.9 Å². The van der Waals surface area contributed by atoms with Gasteiger partial charge < -0.3 is 5.32 Å². The third-order valence-electron chi connectivity index (χ3n) is 3.25. The summed E-state index contributed by atoms with van der Waals surface area (Å²) in [4.78, 5) is 4.74. The molecule has 0 radical (unpaired) electrons. The summed E-state index contributed by atoms with van der Waals surface area (Å²) in [5.41, 5.74) is 2.13. The average Bonchev–Trinajstić information content (AvgIpc) is 2.91. The van der Waals surface area contributed by atoms with E-state index in [4.69, 9.17) is 4.98 Å². The minimum atomic E-state index is -0.234. The van der Waals surface area contributed by atoms with Gasteiger partial charge in [-0.1, -0.05) is 42.8 Å². The number of thiazole rings is 1. The molecular weight excluding hydrogens is 351 g/mol. The highest BCUT2D eigenvalue weighted by atomic mass is 79.9. The number of nitrogens with zero attached hydrogens (tertiary/aromatic N) is 1. The number of benzene rings is 1. The summed E-state index contributed by atoms with van der Waals surface area (Å²) in [5.74, 6) is 0.181. The van der Waals surface area contributed by atoms with Crippen LogP contribution >= 0.6 is 27.3 Å². The first-order chi connectivity index (χ1) is 10.0. The van der Waals surface area contributed by atoms with Gasteiger partial charge in [0.15, 0.2) is 0 Å². The number of halogens is 2. The first kappa shape index (κ1) is 16.6. The molecule has 1 aromatic heterocycles. The zero-order valence-electron chi connectivity index (χ0n) is 12.5. The molecule has 5 heteroatoms. The van der Waals surface area contributed by atoms with Gasteiger partial charge >= 0.3 is 0 Å². The highest BCUT2D eigenvalue weighted by Gasteiger charge is 2.20. The summed E-state index contributed by atoms with van der Waals surface area (Å²) in [7, 11) is 0. The van der Waals surface area contributed by atoms with Gasteiger partial charge in [0.1, 0.15) is 10.8 Å². The second-order valence-electron chi connectivity index (χ2n) is 5.32. The standard InChI is InChI=1S/C16H20BrFN2S/c1-4-7-19-15(12-6-5-11(18)8-13(12)17)16-20-14(9-21-16)10(2)3/h5-6,8-10,15,19H,4,7H2,1-3H3. The Morgan fingerprint density at radius 1 is 1.38 bits per heavy atom. The molecule has 0 spiro atoms. The minimum Gasteiger partial charge on any atom is -0.304 e. The molecule has 114 valence electrons. The molecule has 21 heavy (non-hydrogen) atoms. The molecule has 0 bridgehead atoms. The predicted octanol–water partition coefficient (Wildman–Crippen LogP) is 5.26. The van der Waals surface area contributed by atoms with Crippen LogP contribution in [0.25, 0.3) is 0 Å². The first-order valence-corrected chi connectivity index (χ1v) is 8.83. The number of hydrogen-bond donors (Lipinski definition) is 1. The van der Waals surface area contributed by atoms with Crippen LogP contribution in [0.4, 0.5) is 4.39 Å². The van der Waals surface area contributed by atoms with Crippen molar-refractivity contribution in [2.24, 2.45) is 0 Å². The molecule has 0 saturated heterocycles. The molecule has 0 aliphatic carbocycles. The minimum absolute atomic E-state index is 0.00238. The smallest absolute Gasteiger partial charge is 0.124 e. The molecule has 0 saturated carbocycles. The molecule has 2 rings (SSSR count). The molecule has 1 aromatic carbocycles. The number of rotatable bonds is 6. The van der Waals surface area contributed by atoms with Gasteiger partial charge in [0.05, 0.1) is 11.7 Å². The van der Waals surface area contributed by atoms with Gasteiger partial charge in [0.25, 0.3) is 0 Å². The molecule has 0 aliphatic rings. The largest absolute Gasteiger partial charge is 0.304 e. The van der Waals surface area contributed by atoms with E-state index < -0.39 is 0 Å². The number of aromatic nitrogens is 1. The lowest BCUT2D eigenvalue weighted by Gasteiger charge is -2.18. The monoisotopic (exact) mass is 370 g/mol. The fourth-order valence-electron chi connectivity index (χ4n) is 2.05. The summed E-state index contributed by atoms with van der Waals surface area (Å²) in [6, 6.07) is 4.82. The second-order valence-corrected chi connectivity index (χ2v) is 7.06.